The number of hydrogen-bond donors (Lipinski definition) is 2. The van der Waals surface area contributed by atoms with E-state index in [1.54, 1.807) is 43.5 Å². The third-order valence-electron chi connectivity index (χ3n) is 3.63. The van der Waals surface area contributed by atoms with Gasteiger partial charge in [0.2, 0.25) is 5.91 Å². The first-order valence-electron chi connectivity index (χ1n) is 8.02. The number of benzene rings is 2. The van der Waals surface area contributed by atoms with Crippen LogP contribution in [0.1, 0.15) is 12.5 Å². The smallest absolute Gasteiger partial charge is 0.417 e. The standard InChI is InChI=1S/C19H18N2O5/c1-3-25-14-9-7-12(11-16(14)24-2)8-10-17(22)20-13-5-4-6-15-18(13)21-19(23)26-15/h4-11H,3H2,1-2H3,(H,20,22)(H,21,23)/b10-8+. The number of carbonyl (C=O) groups is 1. The molecule has 2 aromatic carbocycles. The summed E-state index contributed by atoms with van der Waals surface area (Å²) in [7, 11) is 1.56. The Hall–Kier alpha value is -3.48. The molecule has 3 rings (SSSR count). The summed E-state index contributed by atoms with van der Waals surface area (Å²) in [5, 5.41) is 2.72. The molecule has 0 aliphatic rings. The van der Waals surface area contributed by atoms with Crippen LogP contribution < -0.4 is 20.5 Å². The average molecular weight is 354 g/mol. The number of anilines is 1. The maximum absolute atomic E-state index is 12.2. The molecule has 1 heterocycles. The molecular formula is C19H18N2O5. The third-order valence-corrected chi connectivity index (χ3v) is 3.63. The lowest BCUT2D eigenvalue weighted by molar-refractivity contribution is -0.111. The van der Waals surface area contributed by atoms with Crippen molar-refractivity contribution in [3.05, 3.63) is 58.6 Å². The van der Waals surface area contributed by atoms with Crippen molar-refractivity contribution >= 4 is 28.8 Å². The first kappa shape index (κ1) is 17.3. The Kier molecular flexibility index (Phi) is 5.07. The molecule has 0 aliphatic heterocycles. The number of aromatic amines is 1. The number of fused-ring (bicyclic) bond motifs is 1. The predicted molar refractivity (Wildman–Crippen MR) is 98.7 cm³/mol. The molecule has 26 heavy (non-hydrogen) atoms. The number of oxazole rings is 1. The maximum atomic E-state index is 12.2. The summed E-state index contributed by atoms with van der Waals surface area (Å²) in [6, 6.07) is 10.4. The normalized spacial score (nSPS) is 11.0. The van der Waals surface area contributed by atoms with Crippen LogP contribution in [-0.4, -0.2) is 24.6 Å². The number of hydrogen-bond acceptors (Lipinski definition) is 5. The van der Waals surface area contributed by atoms with Crippen molar-refractivity contribution < 1.29 is 18.7 Å². The molecule has 0 bridgehead atoms. The third kappa shape index (κ3) is 3.77. The molecule has 3 aromatic rings. The first-order valence-corrected chi connectivity index (χ1v) is 8.02. The predicted octanol–water partition coefficient (Wildman–Crippen LogP) is 3.18. The Balaban J connectivity index is 1.76. The van der Waals surface area contributed by atoms with E-state index in [9.17, 15) is 9.59 Å². The molecule has 134 valence electrons. The molecule has 0 fully saturated rings. The second-order valence-electron chi connectivity index (χ2n) is 5.36. The monoisotopic (exact) mass is 354 g/mol. The van der Waals surface area contributed by atoms with Crippen LogP contribution >= 0.6 is 0 Å². The number of H-pyrrole nitrogens is 1. The number of rotatable bonds is 6. The number of aromatic nitrogens is 1. The average Bonchev–Trinajstić information content (AvgIpc) is 3.02. The van der Waals surface area contributed by atoms with Gasteiger partial charge in [-0.2, -0.15) is 0 Å². The van der Waals surface area contributed by atoms with Gasteiger partial charge in [0.05, 0.1) is 19.4 Å². The van der Waals surface area contributed by atoms with Crippen LogP contribution in [0.3, 0.4) is 0 Å². The highest BCUT2D eigenvalue weighted by atomic mass is 16.5. The van der Waals surface area contributed by atoms with Crippen LogP contribution in [0.5, 0.6) is 11.5 Å². The largest absolute Gasteiger partial charge is 0.493 e. The van der Waals surface area contributed by atoms with Crippen LogP contribution in [0.25, 0.3) is 17.2 Å². The van der Waals surface area contributed by atoms with E-state index in [1.165, 1.54) is 6.08 Å². The molecular weight excluding hydrogens is 336 g/mol. The number of nitrogens with one attached hydrogen (secondary N) is 2. The van der Waals surface area contributed by atoms with E-state index in [0.717, 1.165) is 5.56 Å². The Morgan fingerprint density at radius 3 is 2.88 bits per heavy atom. The summed E-state index contributed by atoms with van der Waals surface area (Å²) in [4.78, 5) is 26.0. The summed E-state index contributed by atoms with van der Waals surface area (Å²) >= 11 is 0. The van der Waals surface area contributed by atoms with Gasteiger partial charge in [0, 0.05) is 6.08 Å². The first-order chi connectivity index (χ1) is 12.6. The van der Waals surface area contributed by atoms with Crippen LogP contribution in [0.15, 0.2) is 51.7 Å². The van der Waals surface area contributed by atoms with Gasteiger partial charge in [0.15, 0.2) is 17.1 Å². The van der Waals surface area contributed by atoms with Crippen LogP contribution in [0, 0.1) is 0 Å². The fraction of sp³-hybridized carbons (Fsp3) is 0.158. The molecule has 0 atom stereocenters. The van der Waals surface area contributed by atoms with Crippen molar-refractivity contribution in [2.75, 3.05) is 19.0 Å². The van der Waals surface area contributed by atoms with Crippen molar-refractivity contribution in [3.63, 3.8) is 0 Å². The Labute approximate surface area is 149 Å². The zero-order chi connectivity index (χ0) is 18.5. The fourth-order valence-electron chi connectivity index (χ4n) is 2.49. The summed E-state index contributed by atoms with van der Waals surface area (Å²) in [5.41, 5.74) is 2.08. The lowest BCUT2D eigenvalue weighted by Gasteiger charge is -2.09. The van der Waals surface area contributed by atoms with Crippen molar-refractivity contribution in [2.45, 2.75) is 6.92 Å². The van der Waals surface area contributed by atoms with Crippen LogP contribution in [0.4, 0.5) is 5.69 Å². The van der Waals surface area contributed by atoms with Gasteiger partial charge < -0.3 is 19.2 Å². The number of methoxy groups -OCH3 is 1. The topological polar surface area (TPSA) is 93.6 Å². The minimum absolute atomic E-state index is 0.340. The summed E-state index contributed by atoms with van der Waals surface area (Å²) in [5.74, 6) is 0.327. The molecule has 1 amide bonds. The molecule has 0 aliphatic carbocycles. The van der Waals surface area contributed by atoms with Gasteiger partial charge in [-0.1, -0.05) is 12.1 Å². The van der Waals surface area contributed by atoms with Crippen LogP contribution in [0.2, 0.25) is 0 Å². The van der Waals surface area contributed by atoms with Gasteiger partial charge in [-0.05, 0) is 42.8 Å². The zero-order valence-corrected chi connectivity index (χ0v) is 14.4. The highest BCUT2D eigenvalue weighted by Gasteiger charge is 2.08. The van der Waals surface area contributed by atoms with Gasteiger partial charge in [-0.3, -0.25) is 9.78 Å². The van der Waals surface area contributed by atoms with E-state index in [4.69, 9.17) is 13.9 Å². The van der Waals surface area contributed by atoms with E-state index >= 15 is 0 Å². The molecule has 7 nitrogen and oxygen atoms in total. The van der Waals surface area contributed by atoms with Crippen molar-refractivity contribution in [1.82, 2.24) is 4.98 Å². The van der Waals surface area contributed by atoms with Gasteiger partial charge in [-0.25, -0.2) is 4.79 Å². The fourth-order valence-corrected chi connectivity index (χ4v) is 2.49. The van der Waals surface area contributed by atoms with Gasteiger partial charge >= 0.3 is 5.76 Å². The molecule has 0 saturated heterocycles. The number of amides is 1. The van der Waals surface area contributed by atoms with Gasteiger partial charge in [0.1, 0.15) is 5.52 Å². The molecule has 0 spiro atoms. The number of para-hydroxylation sites is 1. The molecule has 1 aromatic heterocycles. The van der Waals surface area contributed by atoms with Crippen molar-refractivity contribution in [1.29, 1.82) is 0 Å². The van der Waals surface area contributed by atoms with E-state index in [-0.39, 0.29) is 5.91 Å². The lowest BCUT2D eigenvalue weighted by atomic mass is 10.2. The lowest BCUT2D eigenvalue weighted by Crippen LogP contribution is -2.08. The molecule has 2 N–H and O–H groups in total. The summed E-state index contributed by atoms with van der Waals surface area (Å²) in [6.45, 7) is 2.43. The SMILES string of the molecule is CCOc1ccc(/C=C/C(=O)Nc2cccc3oc(=O)[nH]c23)cc1OC. The van der Waals surface area contributed by atoms with E-state index in [1.807, 2.05) is 13.0 Å². The zero-order valence-electron chi connectivity index (χ0n) is 14.4. The molecule has 0 radical (unpaired) electrons. The van der Waals surface area contributed by atoms with E-state index in [0.29, 0.717) is 34.9 Å². The molecule has 0 unspecified atom stereocenters. The highest BCUT2D eigenvalue weighted by Crippen LogP contribution is 2.28. The molecule has 7 heteroatoms. The highest BCUT2D eigenvalue weighted by molar-refractivity contribution is 6.05. The second-order valence-corrected chi connectivity index (χ2v) is 5.36. The van der Waals surface area contributed by atoms with Crippen molar-refractivity contribution in [3.8, 4) is 11.5 Å². The van der Waals surface area contributed by atoms with Gasteiger partial charge in [0.25, 0.3) is 0 Å². The number of ether oxygens (including phenoxy) is 2. The van der Waals surface area contributed by atoms with Crippen molar-refractivity contribution in [2.24, 2.45) is 0 Å². The minimum atomic E-state index is -0.571. The second kappa shape index (κ2) is 7.60. The number of carbonyl (C=O) groups excluding carboxylic acids is 1. The molecule has 0 saturated carbocycles. The maximum Gasteiger partial charge on any atom is 0.417 e. The quantitative estimate of drug-likeness (QED) is 0.663. The van der Waals surface area contributed by atoms with Crippen LogP contribution in [-0.2, 0) is 4.79 Å². The summed E-state index contributed by atoms with van der Waals surface area (Å²) in [6.07, 6.45) is 3.05. The Morgan fingerprint density at radius 1 is 1.27 bits per heavy atom. The Morgan fingerprint density at radius 2 is 2.12 bits per heavy atom. The summed E-state index contributed by atoms with van der Waals surface area (Å²) < 4.78 is 15.7. The van der Waals surface area contributed by atoms with Gasteiger partial charge in [-0.15, -0.1) is 0 Å². The Bertz CT molecular complexity index is 1020. The van der Waals surface area contributed by atoms with E-state index in [2.05, 4.69) is 10.3 Å². The van der Waals surface area contributed by atoms with E-state index < -0.39 is 5.76 Å². The minimum Gasteiger partial charge on any atom is -0.493 e.